The maximum atomic E-state index is 12.4. The monoisotopic (exact) mass is 422 g/mol. The number of carbonyl (C=O) groups is 2. The Morgan fingerprint density at radius 1 is 1.03 bits per heavy atom. The Balaban J connectivity index is 2.52. The van der Waals surface area contributed by atoms with E-state index in [-0.39, 0.29) is 6.03 Å². The van der Waals surface area contributed by atoms with Crippen molar-refractivity contribution in [1.29, 1.82) is 0 Å². The lowest BCUT2D eigenvalue weighted by molar-refractivity contribution is -0.149. The van der Waals surface area contributed by atoms with Crippen molar-refractivity contribution in [3.63, 3.8) is 0 Å². The van der Waals surface area contributed by atoms with Crippen molar-refractivity contribution in [2.45, 2.75) is 65.4 Å². The number of amides is 2. The Morgan fingerprint density at radius 2 is 1.77 bits per heavy atom. The fraction of sp³-hybridized carbons (Fsp3) is 0.652. The third kappa shape index (κ3) is 10.5. The van der Waals surface area contributed by atoms with E-state index in [1.807, 2.05) is 36.1 Å². The molecule has 0 saturated heterocycles. The maximum absolute atomic E-state index is 12.4. The van der Waals surface area contributed by atoms with E-state index < -0.39 is 12.1 Å². The van der Waals surface area contributed by atoms with Gasteiger partial charge in [0.25, 0.3) is 0 Å². The number of carbonyl (C=O) groups excluding carboxylic acids is 1. The molecule has 1 rings (SSSR count). The Labute approximate surface area is 180 Å². The minimum absolute atomic E-state index is 0.0390. The minimum Gasteiger partial charge on any atom is -0.492 e. The molecule has 0 saturated carbocycles. The first-order valence-corrected chi connectivity index (χ1v) is 11.1. The minimum atomic E-state index is -0.961. The Hall–Kier alpha value is -2.28. The van der Waals surface area contributed by atoms with Crippen LogP contribution in [0.15, 0.2) is 24.3 Å². The average Bonchev–Trinajstić information content (AvgIpc) is 2.74. The molecule has 0 aromatic heterocycles. The van der Waals surface area contributed by atoms with Gasteiger partial charge in [-0.1, -0.05) is 45.2 Å². The molecule has 0 aliphatic carbocycles. The highest BCUT2D eigenvalue weighted by molar-refractivity contribution is 5.74. The van der Waals surface area contributed by atoms with Crippen LogP contribution >= 0.6 is 0 Å². The van der Waals surface area contributed by atoms with Gasteiger partial charge in [0.05, 0.1) is 6.54 Å². The molecule has 0 aliphatic rings. The van der Waals surface area contributed by atoms with E-state index >= 15 is 0 Å². The van der Waals surface area contributed by atoms with Gasteiger partial charge in [0.2, 0.25) is 0 Å². The molecule has 1 unspecified atom stereocenters. The molecule has 30 heavy (non-hydrogen) atoms. The second-order valence-corrected chi connectivity index (χ2v) is 7.26. The van der Waals surface area contributed by atoms with Crippen LogP contribution in [0, 0.1) is 0 Å². The number of hydrogen-bond donors (Lipinski definition) is 2. The van der Waals surface area contributed by atoms with Crippen molar-refractivity contribution in [3.05, 3.63) is 29.8 Å². The summed E-state index contributed by atoms with van der Waals surface area (Å²) in [6.07, 6.45) is 4.83. The summed E-state index contributed by atoms with van der Waals surface area (Å²) in [6, 6.07) is 7.30. The van der Waals surface area contributed by atoms with Crippen LogP contribution in [-0.2, 0) is 16.0 Å². The van der Waals surface area contributed by atoms with Crippen molar-refractivity contribution in [2.75, 3.05) is 32.8 Å². The highest BCUT2D eigenvalue weighted by atomic mass is 16.5. The predicted octanol–water partition coefficient (Wildman–Crippen LogP) is 4.10. The molecule has 2 N–H and O–H groups in total. The van der Waals surface area contributed by atoms with E-state index in [9.17, 15) is 14.7 Å². The second-order valence-electron chi connectivity index (χ2n) is 7.26. The number of hydrogen-bond acceptors (Lipinski definition) is 4. The first-order chi connectivity index (χ1) is 14.5. The zero-order valence-corrected chi connectivity index (χ0v) is 18.7. The molecule has 0 radical (unpaired) electrons. The summed E-state index contributed by atoms with van der Waals surface area (Å²) >= 11 is 0. The summed E-state index contributed by atoms with van der Waals surface area (Å²) in [7, 11) is 0. The number of carboxylic acids is 1. The third-order valence-corrected chi connectivity index (χ3v) is 4.71. The van der Waals surface area contributed by atoms with Crippen LogP contribution < -0.4 is 10.1 Å². The number of aliphatic carboxylic acids is 1. The molecular formula is C23H38N2O5. The quantitative estimate of drug-likeness (QED) is 0.392. The van der Waals surface area contributed by atoms with Crippen LogP contribution in [0.25, 0.3) is 0 Å². The highest BCUT2D eigenvalue weighted by Gasteiger charge is 2.18. The molecule has 1 aromatic rings. The number of rotatable bonds is 16. The van der Waals surface area contributed by atoms with Crippen molar-refractivity contribution >= 4 is 12.0 Å². The van der Waals surface area contributed by atoms with Crippen LogP contribution in [0.5, 0.6) is 5.75 Å². The molecule has 0 fully saturated rings. The van der Waals surface area contributed by atoms with Gasteiger partial charge in [-0.2, -0.15) is 0 Å². The summed E-state index contributed by atoms with van der Waals surface area (Å²) in [4.78, 5) is 25.4. The van der Waals surface area contributed by atoms with Gasteiger partial charge < -0.3 is 24.8 Å². The molecule has 0 heterocycles. The number of ether oxygens (including phenoxy) is 2. The van der Waals surface area contributed by atoms with Gasteiger partial charge in [-0.05, 0) is 37.5 Å². The fourth-order valence-electron chi connectivity index (χ4n) is 3.02. The molecule has 1 aromatic carbocycles. The van der Waals surface area contributed by atoms with Gasteiger partial charge >= 0.3 is 12.0 Å². The molecule has 170 valence electrons. The van der Waals surface area contributed by atoms with Gasteiger partial charge in [-0.25, -0.2) is 9.59 Å². The molecule has 0 spiro atoms. The summed E-state index contributed by atoms with van der Waals surface area (Å²) in [5, 5.41) is 12.1. The topological polar surface area (TPSA) is 88.1 Å². The van der Waals surface area contributed by atoms with Crippen molar-refractivity contribution in [2.24, 2.45) is 0 Å². The highest BCUT2D eigenvalue weighted by Crippen LogP contribution is 2.15. The number of unbranched alkanes of at least 4 members (excludes halogenated alkanes) is 3. The van der Waals surface area contributed by atoms with Gasteiger partial charge in [0, 0.05) is 26.1 Å². The standard InChI is InChI=1S/C23H38N2O5/c1-4-7-8-9-15-25(23(28)24-14-5-2)16-17-30-20-12-10-19(11-13-20)18-21(22(26)27)29-6-3/h10-13,21H,4-9,14-18H2,1-3H3,(H,24,28)(H,26,27). The van der Waals surface area contributed by atoms with Crippen molar-refractivity contribution < 1.29 is 24.2 Å². The molecule has 1 atom stereocenters. The van der Waals surface area contributed by atoms with Gasteiger partial charge in [-0.3, -0.25) is 0 Å². The van der Waals surface area contributed by atoms with Crippen LogP contribution in [0.3, 0.4) is 0 Å². The number of nitrogens with zero attached hydrogens (tertiary/aromatic N) is 1. The lowest BCUT2D eigenvalue weighted by Crippen LogP contribution is -2.42. The van der Waals surface area contributed by atoms with Crippen LogP contribution in [0.4, 0.5) is 4.79 Å². The summed E-state index contributed by atoms with van der Waals surface area (Å²) in [5.74, 6) is -0.264. The summed E-state index contributed by atoms with van der Waals surface area (Å²) in [5.41, 5.74) is 0.875. The number of carboxylic acid groups (broad SMARTS) is 1. The first kappa shape index (κ1) is 25.8. The van der Waals surface area contributed by atoms with E-state index in [0.717, 1.165) is 31.4 Å². The van der Waals surface area contributed by atoms with Gasteiger partial charge in [-0.15, -0.1) is 0 Å². The number of urea groups is 1. The summed E-state index contributed by atoms with van der Waals surface area (Å²) in [6.45, 7) is 8.67. The smallest absolute Gasteiger partial charge is 0.333 e. The number of nitrogens with one attached hydrogen (secondary N) is 1. The summed E-state index contributed by atoms with van der Waals surface area (Å²) < 4.78 is 11.1. The zero-order valence-electron chi connectivity index (χ0n) is 18.7. The van der Waals surface area contributed by atoms with E-state index in [0.29, 0.717) is 38.5 Å². The predicted molar refractivity (Wildman–Crippen MR) is 118 cm³/mol. The lowest BCUT2D eigenvalue weighted by Gasteiger charge is -2.23. The van der Waals surface area contributed by atoms with Gasteiger partial charge in [0.15, 0.2) is 6.10 Å². The Bertz CT molecular complexity index is 606. The Kier molecular flexibility index (Phi) is 13.3. The zero-order chi connectivity index (χ0) is 22.2. The van der Waals surface area contributed by atoms with Crippen LogP contribution in [0.1, 0.15) is 58.4 Å². The average molecular weight is 423 g/mol. The molecule has 7 heteroatoms. The molecule has 0 aliphatic heterocycles. The first-order valence-electron chi connectivity index (χ1n) is 11.1. The SMILES string of the molecule is CCCCCCN(CCOc1ccc(CC(OCC)C(=O)O)cc1)C(=O)NCCC. The maximum Gasteiger partial charge on any atom is 0.333 e. The van der Waals surface area contributed by atoms with Gasteiger partial charge in [0.1, 0.15) is 12.4 Å². The Morgan fingerprint density at radius 3 is 2.37 bits per heavy atom. The molecule has 7 nitrogen and oxygen atoms in total. The van der Waals surface area contributed by atoms with Crippen molar-refractivity contribution in [1.82, 2.24) is 10.2 Å². The molecule has 2 amide bonds. The normalized spacial score (nSPS) is 11.7. The largest absolute Gasteiger partial charge is 0.492 e. The van der Waals surface area contributed by atoms with E-state index in [1.54, 1.807) is 6.92 Å². The lowest BCUT2D eigenvalue weighted by atomic mass is 10.1. The molecular weight excluding hydrogens is 384 g/mol. The van der Waals surface area contributed by atoms with E-state index in [2.05, 4.69) is 12.2 Å². The fourth-order valence-corrected chi connectivity index (χ4v) is 3.02. The van der Waals surface area contributed by atoms with Crippen LogP contribution in [-0.4, -0.2) is 61.0 Å². The van der Waals surface area contributed by atoms with Crippen molar-refractivity contribution in [3.8, 4) is 5.75 Å². The van der Waals surface area contributed by atoms with E-state index in [4.69, 9.17) is 9.47 Å². The third-order valence-electron chi connectivity index (χ3n) is 4.71. The number of benzene rings is 1. The second kappa shape index (κ2) is 15.5. The van der Waals surface area contributed by atoms with Crippen LogP contribution in [0.2, 0.25) is 0 Å². The molecule has 0 bridgehead atoms. The van der Waals surface area contributed by atoms with E-state index in [1.165, 1.54) is 12.8 Å².